The molecule has 1 aromatic heterocycles. The molecule has 0 spiro atoms. The van der Waals surface area contributed by atoms with Gasteiger partial charge in [0.15, 0.2) is 5.12 Å². The van der Waals surface area contributed by atoms with Gasteiger partial charge >= 0.3 is 5.97 Å². The van der Waals surface area contributed by atoms with E-state index >= 15 is 0 Å². The summed E-state index contributed by atoms with van der Waals surface area (Å²) >= 11 is 5.38. The molecule has 0 aliphatic rings. The molecule has 0 aliphatic carbocycles. The van der Waals surface area contributed by atoms with Gasteiger partial charge in [-0.3, -0.25) is 9.59 Å². The molecule has 88 valence electrons. The van der Waals surface area contributed by atoms with E-state index in [0.717, 1.165) is 4.88 Å². The molecule has 0 fully saturated rings. The number of esters is 1. The third-order valence-electron chi connectivity index (χ3n) is 2.29. The molecule has 1 unspecified atom stereocenters. The van der Waals surface area contributed by atoms with Gasteiger partial charge in [0, 0.05) is 23.6 Å². The van der Waals surface area contributed by atoms with E-state index in [1.807, 2.05) is 17.5 Å². The zero-order valence-corrected chi connectivity index (χ0v) is 10.7. The summed E-state index contributed by atoms with van der Waals surface area (Å²) < 4.78 is 4.58. The van der Waals surface area contributed by atoms with Crippen LogP contribution in [-0.2, 0) is 14.3 Å². The Kier molecular flexibility index (Phi) is 5.55. The van der Waals surface area contributed by atoms with Crippen molar-refractivity contribution in [2.24, 2.45) is 0 Å². The number of rotatable bonds is 6. The van der Waals surface area contributed by atoms with Crippen molar-refractivity contribution in [2.45, 2.75) is 25.2 Å². The molecule has 0 saturated heterocycles. The molecule has 0 amide bonds. The molecular weight excluding hydrogens is 244 g/mol. The van der Waals surface area contributed by atoms with Crippen LogP contribution in [0.2, 0.25) is 0 Å². The van der Waals surface area contributed by atoms with Crippen LogP contribution < -0.4 is 0 Å². The van der Waals surface area contributed by atoms with Crippen LogP contribution >= 0.6 is 24.0 Å². The fourth-order valence-corrected chi connectivity index (χ4v) is 2.56. The average molecular weight is 258 g/mol. The Hall–Kier alpha value is -0.810. The standard InChI is InChI=1S/C11H14O3S2/c1-14-10(12)5-4-8(7-11(13)15)9-3-2-6-16-9/h2-3,6,8H,4-5,7H2,1H3,(H,13,15). The maximum absolute atomic E-state index is 11.0. The fraction of sp³-hybridized carbons (Fsp3) is 0.455. The monoisotopic (exact) mass is 258 g/mol. The molecule has 1 aromatic rings. The van der Waals surface area contributed by atoms with Crippen LogP contribution in [0.25, 0.3) is 0 Å². The van der Waals surface area contributed by atoms with Crippen LogP contribution in [0.15, 0.2) is 17.5 Å². The van der Waals surface area contributed by atoms with Crippen molar-refractivity contribution >= 4 is 35.1 Å². The quantitative estimate of drug-likeness (QED) is 0.630. The molecular formula is C11H14O3S2. The van der Waals surface area contributed by atoms with Gasteiger partial charge in [-0.15, -0.1) is 24.0 Å². The Bertz CT molecular complexity index is 346. The number of hydrogen-bond acceptors (Lipinski definition) is 4. The smallest absolute Gasteiger partial charge is 0.305 e. The molecule has 0 aliphatic heterocycles. The maximum atomic E-state index is 11.0. The summed E-state index contributed by atoms with van der Waals surface area (Å²) in [5.41, 5.74) is 0. The summed E-state index contributed by atoms with van der Waals surface area (Å²) in [7, 11) is 1.37. The average Bonchev–Trinajstić information content (AvgIpc) is 2.76. The summed E-state index contributed by atoms with van der Waals surface area (Å²) in [6.07, 6.45) is 1.32. The number of carbonyl (C=O) groups excluding carboxylic acids is 2. The third-order valence-corrected chi connectivity index (χ3v) is 3.51. The molecule has 0 bridgehead atoms. The SMILES string of the molecule is COC(=O)CCC(CC(=O)S)c1cccs1. The van der Waals surface area contributed by atoms with E-state index in [1.54, 1.807) is 11.3 Å². The summed E-state index contributed by atoms with van der Waals surface area (Å²) in [5.74, 6) is -0.169. The van der Waals surface area contributed by atoms with Crippen molar-refractivity contribution in [3.05, 3.63) is 22.4 Å². The highest BCUT2D eigenvalue weighted by Crippen LogP contribution is 2.29. The van der Waals surface area contributed by atoms with Gasteiger partial charge in [0.05, 0.1) is 7.11 Å². The highest BCUT2D eigenvalue weighted by atomic mass is 32.1. The van der Waals surface area contributed by atoms with Gasteiger partial charge in [-0.2, -0.15) is 0 Å². The number of hydrogen-bond donors (Lipinski definition) is 1. The van der Waals surface area contributed by atoms with Crippen molar-refractivity contribution < 1.29 is 14.3 Å². The van der Waals surface area contributed by atoms with Crippen molar-refractivity contribution in [3.8, 4) is 0 Å². The van der Waals surface area contributed by atoms with Gasteiger partial charge in [-0.1, -0.05) is 6.07 Å². The van der Waals surface area contributed by atoms with Crippen molar-refractivity contribution in [1.82, 2.24) is 0 Å². The van der Waals surface area contributed by atoms with E-state index in [4.69, 9.17) is 0 Å². The molecule has 1 heterocycles. The summed E-state index contributed by atoms with van der Waals surface area (Å²) in [5, 5.41) is 1.81. The molecule has 0 aromatic carbocycles. The van der Waals surface area contributed by atoms with Crippen molar-refractivity contribution in [2.75, 3.05) is 7.11 Å². The fourth-order valence-electron chi connectivity index (χ4n) is 1.47. The van der Waals surface area contributed by atoms with Crippen LogP contribution in [0.5, 0.6) is 0 Å². The molecule has 5 heteroatoms. The lowest BCUT2D eigenvalue weighted by molar-refractivity contribution is -0.140. The van der Waals surface area contributed by atoms with E-state index in [-0.39, 0.29) is 17.0 Å². The Morgan fingerprint density at radius 2 is 2.31 bits per heavy atom. The minimum absolute atomic E-state index is 0.0732. The summed E-state index contributed by atoms with van der Waals surface area (Å²) in [4.78, 5) is 23.2. The van der Waals surface area contributed by atoms with E-state index in [2.05, 4.69) is 17.4 Å². The Morgan fingerprint density at radius 3 is 2.81 bits per heavy atom. The normalized spacial score (nSPS) is 12.1. The Morgan fingerprint density at radius 1 is 1.56 bits per heavy atom. The van der Waals surface area contributed by atoms with Crippen LogP contribution in [0.1, 0.15) is 30.1 Å². The number of thiophene rings is 1. The second-order valence-corrected chi connectivity index (χ2v) is 4.90. The van der Waals surface area contributed by atoms with Gasteiger partial charge in [-0.05, 0) is 17.9 Å². The Balaban J connectivity index is 2.58. The zero-order chi connectivity index (χ0) is 12.0. The van der Waals surface area contributed by atoms with Crippen LogP contribution in [0.4, 0.5) is 0 Å². The van der Waals surface area contributed by atoms with Gasteiger partial charge in [0.2, 0.25) is 0 Å². The van der Waals surface area contributed by atoms with Crippen LogP contribution in [0.3, 0.4) is 0 Å². The van der Waals surface area contributed by atoms with Crippen molar-refractivity contribution in [1.29, 1.82) is 0 Å². The molecule has 0 N–H and O–H groups in total. The maximum Gasteiger partial charge on any atom is 0.305 e. The van der Waals surface area contributed by atoms with Gasteiger partial charge < -0.3 is 4.74 Å². The summed E-state index contributed by atoms with van der Waals surface area (Å²) in [6, 6.07) is 3.91. The second-order valence-electron chi connectivity index (χ2n) is 3.43. The number of thiol groups is 1. The van der Waals surface area contributed by atoms with E-state index in [0.29, 0.717) is 19.3 Å². The van der Waals surface area contributed by atoms with Gasteiger partial charge in [0.1, 0.15) is 0 Å². The number of methoxy groups -OCH3 is 1. The van der Waals surface area contributed by atoms with Crippen LogP contribution in [0, 0.1) is 0 Å². The molecule has 16 heavy (non-hydrogen) atoms. The van der Waals surface area contributed by atoms with E-state index < -0.39 is 0 Å². The third kappa shape index (κ3) is 4.37. The minimum atomic E-state index is -0.242. The summed E-state index contributed by atoms with van der Waals surface area (Å²) in [6.45, 7) is 0. The highest BCUT2D eigenvalue weighted by Gasteiger charge is 2.17. The molecule has 0 radical (unpaired) electrons. The topological polar surface area (TPSA) is 43.4 Å². The molecule has 3 nitrogen and oxygen atoms in total. The van der Waals surface area contributed by atoms with E-state index in [9.17, 15) is 9.59 Å². The first-order valence-electron chi connectivity index (χ1n) is 4.95. The molecule has 1 atom stereocenters. The molecule has 1 rings (SSSR count). The predicted molar refractivity (Wildman–Crippen MR) is 66.9 cm³/mol. The molecule has 0 saturated carbocycles. The lowest BCUT2D eigenvalue weighted by Crippen LogP contribution is -2.06. The highest BCUT2D eigenvalue weighted by molar-refractivity contribution is 7.96. The van der Waals surface area contributed by atoms with Crippen LogP contribution in [-0.4, -0.2) is 18.2 Å². The first-order valence-corrected chi connectivity index (χ1v) is 6.28. The lowest BCUT2D eigenvalue weighted by Gasteiger charge is -2.12. The van der Waals surface area contributed by atoms with E-state index in [1.165, 1.54) is 7.11 Å². The zero-order valence-electron chi connectivity index (χ0n) is 9.01. The minimum Gasteiger partial charge on any atom is -0.469 e. The van der Waals surface area contributed by atoms with Gasteiger partial charge in [-0.25, -0.2) is 0 Å². The second kappa shape index (κ2) is 6.70. The van der Waals surface area contributed by atoms with Gasteiger partial charge in [0.25, 0.3) is 0 Å². The largest absolute Gasteiger partial charge is 0.469 e. The van der Waals surface area contributed by atoms with Crippen molar-refractivity contribution in [3.63, 3.8) is 0 Å². The lowest BCUT2D eigenvalue weighted by atomic mass is 9.98. The Labute approximate surface area is 104 Å². The number of ether oxygens (including phenoxy) is 1. The number of carbonyl (C=O) groups is 2. The first-order chi connectivity index (χ1) is 7.63. The predicted octanol–water partition coefficient (Wildman–Crippen LogP) is 2.63. The first kappa shape index (κ1) is 13.3.